The molecule has 0 saturated carbocycles. The van der Waals surface area contributed by atoms with Gasteiger partial charge in [-0.25, -0.2) is 0 Å². The number of halogens is 3. The molecule has 0 atom stereocenters. The summed E-state index contributed by atoms with van der Waals surface area (Å²) in [5.74, 6) is -0.284. The van der Waals surface area contributed by atoms with Crippen LogP contribution >= 0.6 is 34.8 Å². The Morgan fingerprint density at radius 2 is 1.72 bits per heavy atom. The molecular weight excluding hydrogens is 298 g/mol. The van der Waals surface area contributed by atoms with Crippen molar-refractivity contribution in [2.75, 3.05) is 6.61 Å². The summed E-state index contributed by atoms with van der Waals surface area (Å²) >= 11 is 17.6. The van der Waals surface area contributed by atoms with Crippen LogP contribution in [0.5, 0.6) is 5.75 Å². The molecule has 0 aliphatic rings. The molecule has 0 bridgehead atoms. The Labute approximate surface area is 121 Å². The number of hydrogen-bond acceptors (Lipinski definition) is 2. The highest BCUT2D eigenvalue weighted by atomic mass is 35.5. The van der Waals surface area contributed by atoms with E-state index in [2.05, 4.69) is 0 Å². The molecule has 0 aliphatic heterocycles. The third kappa shape index (κ3) is 5.34. The van der Waals surface area contributed by atoms with Crippen LogP contribution in [0.2, 0.25) is 15.1 Å². The second kappa shape index (κ2) is 7.72. The first-order valence-electron chi connectivity index (χ1n) is 5.50. The molecule has 0 saturated heterocycles. The normalized spacial score (nSPS) is 10.4. The molecule has 0 radical (unpaired) electrons. The van der Waals surface area contributed by atoms with E-state index >= 15 is 0 Å². The van der Waals surface area contributed by atoms with Crippen molar-refractivity contribution < 1.29 is 14.6 Å². The van der Waals surface area contributed by atoms with Gasteiger partial charge in [0.1, 0.15) is 5.75 Å². The van der Waals surface area contributed by atoms with Gasteiger partial charge in [-0.05, 0) is 25.3 Å². The standard InChI is InChI=1S/C12H13Cl3O3/c13-8-6-10(15)11(7-9(8)14)18-5-3-1-2-4-12(16)17/h6-7H,1-5H2,(H,16,17). The highest BCUT2D eigenvalue weighted by Gasteiger charge is 2.06. The van der Waals surface area contributed by atoms with E-state index in [9.17, 15) is 4.79 Å². The third-order valence-electron chi connectivity index (χ3n) is 2.27. The van der Waals surface area contributed by atoms with Gasteiger partial charge < -0.3 is 9.84 Å². The maximum Gasteiger partial charge on any atom is 0.303 e. The summed E-state index contributed by atoms with van der Waals surface area (Å²) in [6.07, 6.45) is 2.40. The first-order chi connectivity index (χ1) is 8.50. The van der Waals surface area contributed by atoms with Crippen LogP contribution in [0.15, 0.2) is 12.1 Å². The van der Waals surface area contributed by atoms with Gasteiger partial charge in [0, 0.05) is 12.5 Å². The van der Waals surface area contributed by atoms with Gasteiger partial charge in [-0.1, -0.05) is 34.8 Å². The lowest BCUT2D eigenvalue weighted by molar-refractivity contribution is -0.137. The molecule has 18 heavy (non-hydrogen) atoms. The van der Waals surface area contributed by atoms with E-state index in [-0.39, 0.29) is 6.42 Å². The van der Waals surface area contributed by atoms with E-state index in [0.29, 0.717) is 33.8 Å². The second-order valence-electron chi connectivity index (χ2n) is 3.75. The summed E-state index contributed by atoms with van der Waals surface area (Å²) in [6, 6.07) is 3.11. The summed E-state index contributed by atoms with van der Waals surface area (Å²) in [6.45, 7) is 0.470. The molecule has 3 nitrogen and oxygen atoms in total. The van der Waals surface area contributed by atoms with Crippen molar-refractivity contribution in [2.45, 2.75) is 25.7 Å². The minimum absolute atomic E-state index is 0.188. The van der Waals surface area contributed by atoms with E-state index in [0.717, 1.165) is 12.8 Å². The van der Waals surface area contributed by atoms with Gasteiger partial charge in [0.25, 0.3) is 0 Å². The number of rotatable bonds is 7. The minimum atomic E-state index is -0.775. The average molecular weight is 312 g/mol. The van der Waals surface area contributed by atoms with Crippen LogP contribution in [0.4, 0.5) is 0 Å². The molecule has 1 rings (SSSR count). The van der Waals surface area contributed by atoms with E-state index in [4.69, 9.17) is 44.6 Å². The molecule has 0 spiro atoms. The summed E-state index contributed by atoms with van der Waals surface area (Å²) in [4.78, 5) is 10.3. The number of carboxylic acid groups (broad SMARTS) is 1. The van der Waals surface area contributed by atoms with Crippen molar-refractivity contribution in [3.05, 3.63) is 27.2 Å². The summed E-state index contributed by atoms with van der Waals surface area (Å²) < 4.78 is 5.46. The number of benzene rings is 1. The first-order valence-corrected chi connectivity index (χ1v) is 6.63. The van der Waals surface area contributed by atoms with E-state index in [1.807, 2.05) is 0 Å². The maximum atomic E-state index is 10.3. The zero-order chi connectivity index (χ0) is 13.5. The van der Waals surface area contributed by atoms with Gasteiger partial charge in [-0.2, -0.15) is 0 Å². The lowest BCUT2D eigenvalue weighted by atomic mass is 10.2. The fourth-order valence-electron chi connectivity index (χ4n) is 1.35. The zero-order valence-corrected chi connectivity index (χ0v) is 11.9. The Hall–Kier alpha value is -0.640. The highest BCUT2D eigenvalue weighted by Crippen LogP contribution is 2.33. The fraction of sp³-hybridized carbons (Fsp3) is 0.417. The van der Waals surface area contributed by atoms with E-state index < -0.39 is 5.97 Å². The molecule has 0 aromatic heterocycles. The van der Waals surface area contributed by atoms with Crippen molar-refractivity contribution in [3.8, 4) is 5.75 Å². The molecule has 1 aromatic carbocycles. The Kier molecular flexibility index (Phi) is 6.61. The molecule has 0 aliphatic carbocycles. The van der Waals surface area contributed by atoms with Crippen molar-refractivity contribution >= 4 is 40.8 Å². The average Bonchev–Trinajstić information content (AvgIpc) is 2.29. The topological polar surface area (TPSA) is 46.5 Å². The largest absolute Gasteiger partial charge is 0.492 e. The van der Waals surface area contributed by atoms with Crippen LogP contribution in [0.25, 0.3) is 0 Å². The van der Waals surface area contributed by atoms with Crippen LogP contribution < -0.4 is 4.74 Å². The van der Waals surface area contributed by atoms with Crippen molar-refractivity contribution in [3.63, 3.8) is 0 Å². The lowest BCUT2D eigenvalue weighted by Crippen LogP contribution is -1.99. The number of unbranched alkanes of at least 4 members (excludes halogenated alkanes) is 2. The Morgan fingerprint density at radius 3 is 2.39 bits per heavy atom. The summed E-state index contributed by atoms with van der Waals surface area (Å²) in [5, 5.41) is 9.65. The molecule has 0 heterocycles. The van der Waals surface area contributed by atoms with Gasteiger partial charge in [-0.3, -0.25) is 4.79 Å². The zero-order valence-electron chi connectivity index (χ0n) is 9.59. The fourth-order valence-corrected chi connectivity index (χ4v) is 1.94. The van der Waals surface area contributed by atoms with Gasteiger partial charge in [0.05, 0.1) is 21.7 Å². The predicted octanol–water partition coefficient (Wildman–Crippen LogP) is 4.67. The van der Waals surface area contributed by atoms with Gasteiger partial charge in [-0.15, -0.1) is 0 Å². The molecule has 0 fully saturated rings. The third-order valence-corrected chi connectivity index (χ3v) is 3.28. The van der Waals surface area contributed by atoms with Gasteiger partial charge in [0.2, 0.25) is 0 Å². The molecule has 0 unspecified atom stereocenters. The Balaban J connectivity index is 2.31. The van der Waals surface area contributed by atoms with Crippen LogP contribution in [0.3, 0.4) is 0 Å². The quantitative estimate of drug-likeness (QED) is 0.588. The molecular formula is C12H13Cl3O3. The van der Waals surface area contributed by atoms with Crippen LogP contribution in [-0.2, 0) is 4.79 Å². The molecule has 0 amide bonds. The number of ether oxygens (including phenoxy) is 1. The minimum Gasteiger partial charge on any atom is -0.492 e. The molecule has 1 aromatic rings. The van der Waals surface area contributed by atoms with Crippen molar-refractivity contribution in [2.24, 2.45) is 0 Å². The summed E-state index contributed by atoms with van der Waals surface area (Å²) in [7, 11) is 0. The maximum absolute atomic E-state index is 10.3. The van der Waals surface area contributed by atoms with Crippen LogP contribution in [0, 0.1) is 0 Å². The number of carbonyl (C=O) groups is 1. The second-order valence-corrected chi connectivity index (χ2v) is 4.97. The number of hydrogen-bond donors (Lipinski definition) is 1. The van der Waals surface area contributed by atoms with Crippen LogP contribution in [0.1, 0.15) is 25.7 Å². The first kappa shape index (κ1) is 15.4. The molecule has 1 N–H and O–H groups in total. The number of aliphatic carboxylic acids is 1. The Bertz CT molecular complexity index is 421. The SMILES string of the molecule is O=C(O)CCCCCOc1cc(Cl)c(Cl)cc1Cl. The highest BCUT2D eigenvalue weighted by molar-refractivity contribution is 6.43. The lowest BCUT2D eigenvalue weighted by Gasteiger charge is -2.09. The van der Waals surface area contributed by atoms with Crippen LogP contribution in [-0.4, -0.2) is 17.7 Å². The Morgan fingerprint density at radius 1 is 1.06 bits per heavy atom. The monoisotopic (exact) mass is 310 g/mol. The van der Waals surface area contributed by atoms with Gasteiger partial charge in [0.15, 0.2) is 0 Å². The van der Waals surface area contributed by atoms with E-state index in [1.165, 1.54) is 6.07 Å². The molecule has 100 valence electrons. The number of carboxylic acids is 1. The van der Waals surface area contributed by atoms with E-state index in [1.54, 1.807) is 6.07 Å². The summed E-state index contributed by atoms with van der Waals surface area (Å²) in [5.41, 5.74) is 0. The van der Waals surface area contributed by atoms with Crippen molar-refractivity contribution in [1.82, 2.24) is 0 Å². The van der Waals surface area contributed by atoms with Crippen molar-refractivity contribution in [1.29, 1.82) is 0 Å². The van der Waals surface area contributed by atoms with Gasteiger partial charge >= 0.3 is 5.97 Å². The predicted molar refractivity (Wildman–Crippen MR) is 73.1 cm³/mol. The smallest absolute Gasteiger partial charge is 0.303 e. The molecule has 6 heteroatoms.